The van der Waals surface area contributed by atoms with E-state index in [0.717, 1.165) is 24.7 Å². The smallest absolute Gasteiger partial charge is 0.325 e. The highest BCUT2D eigenvalue weighted by atomic mass is 16.5. The molecule has 0 aliphatic carbocycles. The Balaban J connectivity index is 2.07. The molecule has 0 spiro atoms. The Bertz CT molecular complexity index is 444. The number of hydrogen-bond donors (Lipinski definition) is 1. The molecule has 1 aliphatic rings. The summed E-state index contributed by atoms with van der Waals surface area (Å²) in [4.78, 5) is 22.2. The first kappa shape index (κ1) is 13.6. The fourth-order valence-corrected chi connectivity index (χ4v) is 2.11. The van der Waals surface area contributed by atoms with Gasteiger partial charge in [0.05, 0.1) is 7.11 Å². The second-order valence-corrected chi connectivity index (χ2v) is 4.67. The van der Waals surface area contributed by atoms with E-state index < -0.39 is 0 Å². The van der Waals surface area contributed by atoms with E-state index in [1.807, 2.05) is 13.0 Å². The molecule has 1 fully saturated rings. The first-order chi connectivity index (χ1) is 9.19. The van der Waals surface area contributed by atoms with Crippen LogP contribution in [0.2, 0.25) is 0 Å². The third-order valence-electron chi connectivity index (χ3n) is 3.12. The van der Waals surface area contributed by atoms with Crippen molar-refractivity contribution < 1.29 is 9.53 Å². The lowest BCUT2D eigenvalue weighted by Gasteiger charge is -2.27. The number of nitrogens with one attached hydrogen (secondary N) is 1. The number of rotatable bonds is 4. The number of carbonyl (C=O) groups is 1. The highest BCUT2D eigenvalue weighted by Crippen LogP contribution is 2.18. The number of hydrogen-bond acceptors (Lipinski definition) is 6. The zero-order valence-electron chi connectivity index (χ0n) is 11.5. The molecule has 6 nitrogen and oxygen atoms in total. The van der Waals surface area contributed by atoms with Gasteiger partial charge in [-0.25, -0.2) is 4.98 Å². The largest absolute Gasteiger partial charge is 0.468 e. The van der Waals surface area contributed by atoms with Gasteiger partial charge >= 0.3 is 5.97 Å². The van der Waals surface area contributed by atoms with Crippen LogP contribution in [-0.4, -0.2) is 42.7 Å². The Kier molecular flexibility index (Phi) is 4.54. The number of ether oxygens (including phenoxy) is 1. The second kappa shape index (κ2) is 6.36. The molecule has 0 amide bonds. The van der Waals surface area contributed by atoms with Crippen LogP contribution in [0.15, 0.2) is 6.07 Å². The maximum atomic E-state index is 11.1. The SMILES string of the molecule is COC(=O)CNc1cc(C)nc(N2CCCCC2)n1. The predicted molar refractivity (Wildman–Crippen MR) is 73.3 cm³/mol. The molecule has 1 N–H and O–H groups in total. The van der Waals surface area contributed by atoms with Gasteiger partial charge in [-0.2, -0.15) is 4.98 Å². The molecule has 6 heteroatoms. The second-order valence-electron chi connectivity index (χ2n) is 4.67. The van der Waals surface area contributed by atoms with E-state index in [1.54, 1.807) is 0 Å². The average Bonchev–Trinajstić information content (AvgIpc) is 2.45. The van der Waals surface area contributed by atoms with E-state index in [4.69, 9.17) is 0 Å². The molecule has 0 atom stereocenters. The number of esters is 1. The number of piperidine rings is 1. The number of aromatic nitrogens is 2. The van der Waals surface area contributed by atoms with Gasteiger partial charge in [0.15, 0.2) is 0 Å². The van der Waals surface area contributed by atoms with Crippen LogP contribution in [0.25, 0.3) is 0 Å². The maximum absolute atomic E-state index is 11.1. The Morgan fingerprint density at radius 3 is 2.79 bits per heavy atom. The van der Waals surface area contributed by atoms with Crippen LogP contribution < -0.4 is 10.2 Å². The normalized spacial score (nSPS) is 15.2. The van der Waals surface area contributed by atoms with Crippen LogP contribution >= 0.6 is 0 Å². The molecule has 19 heavy (non-hydrogen) atoms. The fraction of sp³-hybridized carbons (Fsp3) is 0.615. The maximum Gasteiger partial charge on any atom is 0.325 e. The minimum atomic E-state index is -0.309. The van der Waals surface area contributed by atoms with Gasteiger partial charge in [0, 0.05) is 24.8 Å². The van der Waals surface area contributed by atoms with Crippen LogP contribution in [0, 0.1) is 6.92 Å². The van der Waals surface area contributed by atoms with E-state index in [0.29, 0.717) is 5.82 Å². The van der Waals surface area contributed by atoms with Crippen LogP contribution in [0.1, 0.15) is 25.0 Å². The van der Waals surface area contributed by atoms with Crippen molar-refractivity contribution in [2.24, 2.45) is 0 Å². The Morgan fingerprint density at radius 1 is 1.37 bits per heavy atom. The molecule has 0 saturated carbocycles. The molecule has 2 heterocycles. The van der Waals surface area contributed by atoms with Crippen molar-refractivity contribution in [2.45, 2.75) is 26.2 Å². The summed E-state index contributed by atoms with van der Waals surface area (Å²) in [5, 5.41) is 2.96. The summed E-state index contributed by atoms with van der Waals surface area (Å²) in [6.07, 6.45) is 3.64. The van der Waals surface area contributed by atoms with Crippen molar-refractivity contribution in [3.05, 3.63) is 11.8 Å². The highest BCUT2D eigenvalue weighted by molar-refractivity contribution is 5.74. The van der Waals surface area contributed by atoms with Crippen molar-refractivity contribution >= 4 is 17.7 Å². The van der Waals surface area contributed by atoms with Crippen LogP contribution in [-0.2, 0) is 9.53 Å². The molecule has 1 aromatic heterocycles. The number of anilines is 2. The lowest BCUT2D eigenvalue weighted by atomic mass is 10.1. The molecule has 0 bridgehead atoms. The molecular formula is C13H20N4O2. The molecule has 0 unspecified atom stereocenters. The molecule has 0 aromatic carbocycles. The van der Waals surface area contributed by atoms with Crippen molar-refractivity contribution in [1.82, 2.24) is 9.97 Å². The zero-order chi connectivity index (χ0) is 13.7. The Hall–Kier alpha value is -1.85. The van der Waals surface area contributed by atoms with Gasteiger partial charge in [0.2, 0.25) is 5.95 Å². The van der Waals surface area contributed by atoms with E-state index in [9.17, 15) is 4.79 Å². The van der Waals surface area contributed by atoms with Crippen LogP contribution in [0.4, 0.5) is 11.8 Å². The molecule has 1 aromatic rings. The lowest BCUT2D eigenvalue weighted by molar-refractivity contribution is -0.138. The van der Waals surface area contributed by atoms with Gasteiger partial charge in [0.1, 0.15) is 12.4 Å². The molecule has 2 rings (SSSR count). The summed E-state index contributed by atoms with van der Waals surface area (Å²) >= 11 is 0. The van der Waals surface area contributed by atoms with Crippen LogP contribution in [0.3, 0.4) is 0 Å². The van der Waals surface area contributed by atoms with Gasteiger partial charge in [-0.15, -0.1) is 0 Å². The summed E-state index contributed by atoms with van der Waals surface area (Å²) < 4.78 is 4.59. The summed E-state index contributed by atoms with van der Waals surface area (Å²) in [6, 6.07) is 1.83. The third kappa shape index (κ3) is 3.81. The predicted octanol–water partition coefficient (Wildman–Crippen LogP) is 1.36. The van der Waals surface area contributed by atoms with E-state index in [-0.39, 0.29) is 12.5 Å². The first-order valence-electron chi connectivity index (χ1n) is 6.60. The average molecular weight is 264 g/mol. The fourth-order valence-electron chi connectivity index (χ4n) is 2.11. The Morgan fingerprint density at radius 2 is 2.11 bits per heavy atom. The third-order valence-corrected chi connectivity index (χ3v) is 3.12. The molecule has 104 valence electrons. The number of aryl methyl sites for hydroxylation is 1. The van der Waals surface area contributed by atoms with Crippen molar-refractivity contribution in [3.63, 3.8) is 0 Å². The monoisotopic (exact) mass is 264 g/mol. The number of carbonyl (C=O) groups excluding carboxylic acids is 1. The first-order valence-corrected chi connectivity index (χ1v) is 6.60. The summed E-state index contributed by atoms with van der Waals surface area (Å²) in [6.45, 7) is 4.05. The van der Waals surface area contributed by atoms with Gasteiger partial charge in [-0.1, -0.05) is 0 Å². The van der Waals surface area contributed by atoms with Crippen molar-refractivity contribution in [2.75, 3.05) is 37.0 Å². The van der Waals surface area contributed by atoms with Crippen molar-refractivity contribution in [3.8, 4) is 0 Å². The lowest BCUT2D eigenvalue weighted by Crippen LogP contribution is -2.31. The molecule has 0 radical (unpaired) electrons. The molecular weight excluding hydrogens is 244 g/mol. The number of nitrogens with zero attached hydrogens (tertiary/aromatic N) is 3. The van der Waals surface area contributed by atoms with Gasteiger partial charge < -0.3 is 15.0 Å². The summed E-state index contributed by atoms with van der Waals surface area (Å²) in [5.74, 6) is 1.10. The summed E-state index contributed by atoms with van der Waals surface area (Å²) in [7, 11) is 1.37. The van der Waals surface area contributed by atoms with Crippen molar-refractivity contribution in [1.29, 1.82) is 0 Å². The standard InChI is InChI=1S/C13H20N4O2/c1-10-8-11(14-9-12(18)19-2)16-13(15-10)17-6-4-3-5-7-17/h8H,3-7,9H2,1-2H3,(H,14,15,16). The Labute approximate surface area is 113 Å². The quantitative estimate of drug-likeness (QED) is 0.828. The minimum Gasteiger partial charge on any atom is -0.468 e. The van der Waals surface area contributed by atoms with E-state index in [1.165, 1.54) is 26.4 Å². The van der Waals surface area contributed by atoms with E-state index >= 15 is 0 Å². The van der Waals surface area contributed by atoms with E-state index in [2.05, 4.69) is 24.9 Å². The minimum absolute atomic E-state index is 0.117. The highest BCUT2D eigenvalue weighted by Gasteiger charge is 2.14. The van der Waals surface area contributed by atoms with Gasteiger partial charge in [-0.05, 0) is 26.2 Å². The van der Waals surface area contributed by atoms with Gasteiger partial charge in [0.25, 0.3) is 0 Å². The number of methoxy groups -OCH3 is 1. The molecule has 1 saturated heterocycles. The molecule has 1 aliphatic heterocycles. The zero-order valence-corrected chi connectivity index (χ0v) is 11.5. The van der Waals surface area contributed by atoms with Gasteiger partial charge in [-0.3, -0.25) is 4.79 Å². The topological polar surface area (TPSA) is 67.3 Å². The summed E-state index contributed by atoms with van der Waals surface area (Å²) in [5.41, 5.74) is 0.892. The van der Waals surface area contributed by atoms with Crippen LogP contribution in [0.5, 0.6) is 0 Å².